The number of nitrogens with zero attached hydrogens (tertiary/aromatic N) is 1. The monoisotopic (exact) mass is 272 g/mol. The van der Waals surface area contributed by atoms with E-state index < -0.39 is 5.69 Å². The van der Waals surface area contributed by atoms with Crippen LogP contribution in [0.5, 0.6) is 0 Å². The first kappa shape index (κ1) is 15.0. The molecule has 4 nitrogen and oxygen atoms in total. The van der Waals surface area contributed by atoms with E-state index in [9.17, 15) is 9.59 Å². The normalized spacial score (nSPS) is 14.0. The number of rotatable bonds is 2. The molecule has 0 aliphatic rings. The Morgan fingerprint density at radius 1 is 1.17 bits per heavy atom. The largest absolute Gasteiger partial charge is 0.329 e. The van der Waals surface area contributed by atoms with E-state index >= 15 is 0 Å². The first-order valence-corrected chi connectivity index (χ1v) is 6.49. The van der Waals surface area contributed by atoms with Crippen molar-refractivity contribution in [3.05, 3.63) is 31.6 Å². The van der Waals surface area contributed by atoms with Crippen molar-refractivity contribution in [3.63, 3.8) is 0 Å². The highest BCUT2D eigenvalue weighted by molar-refractivity contribution is 6.30. The lowest BCUT2D eigenvalue weighted by molar-refractivity contribution is 0.249. The van der Waals surface area contributed by atoms with Gasteiger partial charge in [-0.25, -0.2) is 4.79 Å². The lowest BCUT2D eigenvalue weighted by Gasteiger charge is -2.28. The minimum atomic E-state index is -0.447. The van der Waals surface area contributed by atoms with Gasteiger partial charge in [-0.2, -0.15) is 0 Å². The van der Waals surface area contributed by atoms with E-state index in [1.54, 1.807) is 0 Å². The van der Waals surface area contributed by atoms with Crippen molar-refractivity contribution >= 4 is 11.6 Å². The third-order valence-electron chi connectivity index (χ3n) is 3.34. The zero-order chi connectivity index (χ0) is 14.2. The summed E-state index contributed by atoms with van der Waals surface area (Å²) in [6.07, 6.45) is 0. The van der Waals surface area contributed by atoms with Gasteiger partial charge in [-0.1, -0.05) is 46.2 Å². The average molecular weight is 273 g/mol. The lowest BCUT2D eigenvalue weighted by Crippen LogP contribution is -2.43. The summed E-state index contributed by atoms with van der Waals surface area (Å²) in [5.74, 6) is -0.0275. The van der Waals surface area contributed by atoms with Crippen molar-refractivity contribution in [1.29, 1.82) is 0 Å². The maximum absolute atomic E-state index is 12.4. The molecule has 0 saturated carbocycles. The van der Waals surface area contributed by atoms with Crippen LogP contribution in [0, 0.1) is 5.41 Å². The van der Waals surface area contributed by atoms with Crippen LogP contribution in [-0.4, -0.2) is 9.55 Å². The van der Waals surface area contributed by atoms with E-state index in [0.717, 1.165) is 0 Å². The molecule has 0 bridgehead atoms. The molecule has 102 valence electrons. The van der Waals surface area contributed by atoms with Gasteiger partial charge >= 0.3 is 5.69 Å². The standard InChI is InChI=1S/C13H21ClN2O2/c1-7(2)9-10(14)15-12(18)16(11(9)17)8(3)13(4,5)6/h7-8H,1-6H3,(H,15,18). The van der Waals surface area contributed by atoms with Crippen LogP contribution in [0.4, 0.5) is 0 Å². The van der Waals surface area contributed by atoms with Gasteiger partial charge in [0.15, 0.2) is 0 Å². The zero-order valence-electron chi connectivity index (χ0n) is 11.8. The minimum Gasteiger partial charge on any atom is -0.297 e. The topological polar surface area (TPSA) is 54.9 Å². The SMILES string of the molecule is CC(C)c1c(Cl)[nH]c(=O)n(C(C)C(C)(C)C)c1=O. The summed E-state index contributed by atoms with van der Waals surface area (Å²) in [6.45, 7) is 11.6. The molecule has 1 atom stereocenters. The van der Waals surface area contributed by atoms with Gasteiger partial charge in [-0.3, -0.25) is 14.3 Å². The summed E-state index contributed by atoms with van der Waals surface area (Å²) in [5.41, 5.74) is -0.454. The number of hydrogen-bond acceptors (Lipinski definition) is 2. The van der Waals surface area contributed by atoms with Crippen LogP contribution >= 0.6 is 11.6 Å². The Bertz CT molecular complexity index is 550. The second-order valence-corrected chi connectivity index (χ2v) is 6.41. The van der Waals surface area contributed by atoms with Crippen molar-refractivity contribution in [2.24, 2.45) is 5.41 Å². The fourth-order valence-electron chi connectivity index (χ4n) is 1.78. The predicted octanol–water partition coefficient (Wildman–Crippen LogP) is 2.92. The van der Waals surface area contributed by atoms with E-state index in [4.69, 9.17) is 11.6 Å². The Balaban J connectivity index is 3.62. The van der Waals surface area contributed by atoms with Crippen LogP contribution in [-0.2, 0) is 0 Å². The molecule has 18 heavy (non-hydrogen) atoms. The van der Waals surface area contributed by atoms with Crippen LogP contribution in [0.25, 0.3) is 0 Å². The third-order valence-corrected chi connectivity index (χ3v) is 3.64. The predicted molar refractivity (Wildman–Crippen MR) is 74.6 cm³/mol. The summed E-state index contributed by atoms with van der Waals surface area (Å²) >= 11 is 5.95. The van der Waals surface area contributed by atoms with Gasteiger partial charge in [0.05, 0.1) is 5.56 Å². The van der Waals surface area contributed by atoms with Crippen LogP contribution < -0.4 is 11.2 Å². The molecule has 0 spiro atoms. The first-order chi connectivity index (χ1) is 8.07. The van der Waals surface area contributed by atoms with E-state index in [-0.39, 0.29) is 28.1 Å². The van der Waals surface area contributed by atoms with Gasteiger partial charge in [0, 0.05) is 6.04 Å². The molecule has 1 aromatic rings. The highest BCUT2D eigenvalue weighted by Crippen LogP contribution is 2.28. The van der Waals surface area contributed by atoms with Crippen molar-refractivity contribution in [2.75, 3.05) is 0 Å². The minimum absolute atomic E-state index is 0.0275. The van der Waals surface area contributed by atoms with Crippen molar-refractivity contribution in [3.8, 4) is 0 Å². The molecule has 0 radical (unpaired) electrons. The van der Waals surface area contributed by atoms with Crippen LogP contribution in [0.2, 0.25) is 5.15 Å². The molecular formula is C13H21ClN2O2. The summed E-state index contributed by atoms with van der Waals surface area (Å²) in [7, 11) is 0. The van der Waals surface area contributed by atoms with E-state index in [0.29, 0.717) is 5.56 Å². The molecule has 0 amide bonds. The third kappa shape index (κ3) is 2.69. The van der Waals surface area contributed by atoms with Crippen LogP contribution in [0.1, 0.15) is 59.1 Å². The van der Waals surface area contributed by atoms with Gasteiger partial charge in [-0.15, -0.1) is 0 Å². The van der Waals surface area contributed by atoms with E-state index in [2.05, 4.69) is 4.98 Å². The second kappa shape index (κ2) is 4.92. The molecule has 0 aliphatic heterocycles. The summed E-state index contributed by atoms with van der Waals surface area (Å²) in [5, 5.41) is 0.150. The van der Waals surface area contributed by atoms with E-state index in [1.807, 2.05) is 41.5 Å². The molecule has 1 unspecified atom stereocenters. The highest BCUT2D eigenvalue weighted by Gasteiger charge is 2.26. The first-order valence-electron chi connectivity index (χ1n) is 6.11. The van der Waals surface area contributed by atoms with Crippen LogP contribution in [0.3, 0.4) is 0 Å². The van der Waals surface area contributed by atoms with Gasteiger partial charge in [0.1, 0.15) is 5.15 Å². The van der Waals surface area contributed by atoms with Crippen molar-refractivity contribution < 1.29 is 0 Å². The second-order valence-electron chi connectivity index (χ2n) is 6.03. The van der Waals surface area contributed by atoms with Crippen molar-refractivity contribution in [1.82, 2.24) is 9.55 Å². The number of aromatic amines is 1. The maximum Gasteiger partial charge on any atom is 0.329 e. The number of hydrogen-bond donors (Lipinski definition) is 1. The van der Waals surface area contributed by atoms with Crippen LogP contribution in [0.15, 0.2) is 9.59 Å². The summed E-state index contributed by atoms with van der Waals surface area (Å²) in [6, 6.07) is -0.205. The average Bonchev–Trinajstić information content (AvgIpc) is 2.13. The molecule has 0 aromatic carbocycles. The smallest absolute Gasteiger partial charge is 0.297 e. The van der Waals surface area contributed by atoms with Crippen molar-refractivity contribution in [2.45, 2.75) is 53.5 Å². The molecule has 1 aromatic heterocycles. The maximum atomic E-state index is 12.4. The Morgan fingerprint density at radius 3 is 2.06 bits per heavy atom. The molecular weight excluding hydrogens is 252 g/mol. The number of H-pyrrole nitrogens is 1. The molecule has 1 heterocycles. The van der Waals surface area contributed by atoms with E-state index in [1.165, 1.54) is 4.57 Å². The lowest BCUT2D eigenvalue weighted by atomic mass is 9.87. The summed E-state index contributed by atoms with van der Waals surface area (Å²) < 4.78 is 1.27. The van der Waals surface area contributed by atoms with Gasteiger partial charge in [0.2, 0.25) is 0 Å². The molecule has 1 N–H and O–H groups in total. The highest BCUT2D eigenvalue weighted by atomic mass is 35.5. The summed E-state index contributed by atoms with van der Waals surface area (Å²) in [4.78, 5) is 26.9. The Labute approximate surface area is 112 Å². The molecule has 0 fully saturated rings. The van der Waals surface area contributed by atoms with Gasteiger partial charge in [-0.05, 0) is 18.3 Å². The number of aromatic nitrogens is 2. The Kier molecular flexibility index (Phi) is 4.11. The Hall–Kier alpha value is -1.03. The fourth-order valence-corrected chi connectivity index (χ4v) is 2.16. The number of halogens is 1. The van der Waals surface area contributed by atoms with Gasteiger partial charge < -0.3 is 0 Å². The Morgan fingerprint density at radius 2 is 1.67 bits per heavy atom. The molecule has 5 heteroatoms. The molecule has 0 saturated heterocycles. The molecule has 0 aliphatic carbocycles. The zero-order valence-corrected chi connectivity index (χ0v) is 12.6. The quantitative estimate of drug-likeness (QED) is 0.842. The van der Waals surface area contributed by atoms with Gasteiger partial charge in [0.25, 0.3) is 5.56 Å². The fraction of sp³-hybridized carbons (Fsp3) is 0.692. The number of nitrogens with one attached hydrogen (secondary N) is 1. The molecule has 1 rings (SSSR count).